The molecule has 0 aliphatic rings. The maximum atomic E-state index is 12.8. The number of aromatic nitrogens is 1. The summed E-state index contributed by atoms with van der Waals surface area (Å²) in [6.07, 6.45) is 1.48. The molecule has 0 atom stereocenters. The Hall–Kier alpha value is -3.23. The van der Waals surface area contributed by atoms with E-state index in [2.05, 4.69) is 26.2 Å². The van der Waals surface area contributed by atoms with Gasteiger partial charge in [-0.1, -0.05) is 66.7 Å². The molecule has 5 heteroatoms. The summed E-state index contributed by atoms with van der Waals surface area (Å²) < 4.78 is 0.639. The van der Waals surface area contributed by atoms with Crippen LogP contribution in [0.4, 0.5) is 0 Å². The molecule has 0 radical (unpaired) electrons. The fraction of sp³-hybridized carbons (Fsp3) is 0.0455. The minimum atomic E-state index is -0.447. The van der Waals surface area contributed by atoms with Crippen molar-refractivity contribution in [2.24, 2.45) is 0 Å². The van der Waals surface area contributed by atoms with Crippen molar-refractivity contribution < 1.29 is 4.79 Å². The zero-order chi connectivity index (χ0) is 19.1. The molecule has 3 rings (SSSR count). The highest BCUT2D eigenvalue weighted by Crippen LogP contribution is 2.22. The summed E-state index contributed by atoms with van der Waals surface area (Å²) in [7, 11) is 0. The Labute approximate surface area is 166 Å². The number of rotatable bonds is 5. The first-order valence-corrected chi connectivity index (χ1v) is 9.12. The van der Waals surface area contributed by atoms with E-state index in [0.29, 0.717) is 10.3 Å². The summed E-state index contributed by atoms with van der Waals surface area (Å²) in [5.41, 5.74) is 2.41. The van der Waals surface area contributed by atoms with Crippen molar-refractivity contribution in [1.82, 2.24) is 10.3 Å². The molecule has 0 spiro atoms. The number of nitrogens with zero attached hydrogens (tertiary/aromatic N) is 2. The van der Waals surface area contributed by atoms with Crippen molar-refractivity contribution in [2.45, 2.75) is 6.04 Å². The Kier molecular flexibility index (Phi) is 6.14. The van der Waals surface area contributed by atoms with Crippen LogP contribution in [0.2, 0.25) is 0 Å². The maximum absolute atomic E-state index is 12.8. The van der Waals surface area contributed by atoms with Gasteiger partial charge in [0.25, 0.3) is 5.91 Å². The molecule has 3 aromatic rings. The number of benzene rings is 2. The van der Waals surface area contributed by atoms with Gasteiger partial charge in [-0.25, -0.2) is 4.98 Å². The molecule has 0 saturated carbocycles. The first-order chi connectivity index (χ1) is 13.2. The number of carbonyl (C=O) groups is 1. The summed E-state index contributed by atoms with van der Waals surface area (Å²) in [4.78, 5) is 17.0. The molecule has 4 nitrogen and oxygen atoms in total. The lowest BCUT2D eigenvalue weighted by Gasteiger charge is -2.19. The maximum Gasteiger partial charge on any atom is 0.262 e. The highest BCUT2D eigenvalue weighted by molar-refractivity contribution is 9.10. The third-order valence-electron chi connectivity index (χ3n) is 3.94. The third-order valence-corrected chi connectivity index (χ3v) is 4.38. The summed E-state index contributed by atoms with van der Waals surface area (Å²) in [6, 6.07) is 26.3. The van der Waals surface area contributed by atoms with E-state index in [4.69, 9.17) is 0 Å². The topological polar surface area (TPSA) is 65.8 Å². The van der Waals surface area contributed by atoms with Gasteiger partial charge in [-0.3, -0.25) is 4.79 Å². The van der Waals surface area contributed by atoms with Crippen LogP contribution in [0.3, 0.4) is 0 Å². The molecule has 0 saturated heterocycles. The Morgan fingerprint density at radius 1 is 0.963 bits per heavy atom. The number of nitriles is 1. The lowest BCUT2D eigenvalue weighted by Crippen LogP contribution is -2.30. The molecular weight excluding hydrogens is 402 g/mol. The van der Waals surface area contributed by atoms with Crippen molar-refractivity contribution in [1.29, 1.82) is 5.26 Å². The second-order valence-electron chi connectivity index (χ2n) is 5.78. The Morgan fingerprint density at radius 2 is 1.56 bits per heavy atom. The number of nitrogens with one attached hydrogen (secondary N) is 1. The number of pyridine rings is 1. The van der Waals surface area contributed by atoms with Crippen LogP contribution >= 0.6 is 15.9 Å². The van der Waals surface area contributed by atoms with Crippen LogP contribution in [0.5, 0.6) is 0 Å². The van der Waals surface area contributed by atoms with Gasteiger partial charge in [0.15, 0.2) is 0 Å². The summed E-state index contributed by atoms with van der Waals surface area (Å²) >= 11 is 3.29. The Morgan fingerprint density at radius 3 is 2.07 bits per heavy atom. The second kappa shape index (κ2) is 8.93. The monoisotopic (exact) mass is 417 g/mol. The molecule has 0 bridgehead atoms. The summed E-state index contributed by atoms with van der Waals surface area (Å²) in [6.45, 7) is 0. The molecular formula is C22H16BrN3O. The van der Waals surface area contributed by atoms with Gasteiger partial charge >= 0.3 is 0 Å². The molecule has 0 unspecified atom stereocenters. The van der Waals surface area contributed by atoms with Crippen molar-refractivity contribution in [3.8, 4) is 6.07 Å². The second-order valence-corrected chi connectivity index (χ2v) is 6.60. The van der Waals surface area contributed by atoms with Crippen molar-refractivity contribution in [3.05, 3.63) is 106 Å². The molecule has 1 amide bonds. The van der Waals surface area contributed by atoms with Crippen LogP contribution in [-0.2, 0) is 4.79 Å². The van der Waals surface area contributed by atoms with Crippen LogP contribution in [0.1, 0.15) is 22.9 Å². The van der Waals surface area contributed by atoms with Gasteiger partial charge in [-0.15, -0.1) is 0 Å². The van der Waals surface area contributed by atoms with E-state index in [1.54, 1.807) is 18.2 Å². The first kappa shape index (κ1) is 18.6. The van der Waals surface area contributed by atoms with E-state index in [-0.39, 0.29) is 11.6 Å². The number of hydrogen-bond acceptors (Lipinski definition) is 3. The number of carbonyl (C=O) groups excluding carboxylic acids is 1. The fourth-order valence-electron chi connectivity index (χ4n) is 2.66. The predicted octanol–water partition coefficient (Wildman–Crippen LogP) is 4.66. The lowest BCUT2D eigenvalue weighted by molar-refractivity contribution is -0.117. The predicted molar refractivity (Wildman–Crippen MR) is 108 cm³/mol. The fourth-order valence-corrected chi connectivity index (χ4v) is 3.02. The highest BCUT2D eigenvalue weighted by atomic mass is 79.9. The summed E-state index contributed by atoms with van der Waals surface area (Å²) in [5, 5.41) is 12.4. The number of hydrogen-bond donors (Lipinski definition) is 1. The normalized spacial score (nSPS) is 11.1. The minimum absolute atomic E-state index is 0.00235. The molecule has 2 aromatic carbocycles. The molecule has 0 aliphatic carbocycles. The van der Waals surface area contributed by atoms with Crippen molar-refractivity contribution >= 4 is 27.9 Å². The van der Waals surface area contributed by atoms with Gasteiger partial charge in [0.2, 0.25) is 0 Å². The third kappa shape index (κ3) is 4.90. The van der Waals surface area contributed by atoms with E-state index in [1.165, 1.54) is 6.08 Å². The molecule has 1 heterocycles. The van der Waals surface area contributed by atoms with Crippen molar-refractivity contribution in [3.63, 3.8) is 0 Å². The zero-order valence-electron chi connectivity index (χ0n) is 14.3. The summed E-state index contributed by atoms with van der Waals surface area (Å²) in [5.74, 6) is -0.447. The molecule has 0 fully saturated rings. The number of halogens is 1. The average Bonchev–Trinajstić information content (AvgIpc) is 2.71. The van der Waals surface area contributed by atoms with Crippen LogP contribution < -0.4 is 5.32 Å². The standard InChI is InChI=1S/C22H16BrN3O/c23-20-13-7-12-19(25-20)14-18(15-24)22(27)26-21(16-8-3-1-4-9-16)17-10-5-2-6-11-17/h1-14,21H,(H,26,27)/b18-14+. The van der Waals surface area contributed by atoms with Crippen LogP contribution in [0.25, 0.3) is 6.08 Å². The van der Waals surface area contributed by atoms with E-state index in [1.807, 2.05) is 66.7 Å². The van der Waals surface area contributed by atoms with Gasteiger partial charge in [-0.05, 0) is 45.3 Å². The van der Waals surface area contributed by atoms with Gasteiger partial charge in [0.1, 0.15) is 16.2 Å². The van der Waals surface area contributed by atoms with Gasteiger partial charge < -0.3 is 5.32 Å². The minimum Gasteiger partial charge on any atom is -0.340 e. The molecule has 0 aliphatic heterocycles. The van der Waals surface area contributed by atoms with Crippen LogP contribution in [0, 0.1) is 11.3 Å². The van der Waals surface area contributed by atoms with Gasteiger partial charge in [-0.2, -0.15) is 5.26 Å². The van der Waals surface area contributed by atoms with Gasteiger partial charge in [0, 0.05) is 0 Å². The first-order valence-electron chi connectivity index (χ1n) is 8.32. The molecule has 1 aromatic heterocycles. The van der Waals surface area contributed by atoms with E-state index in [0.717, 1.165) is 11.1 Å². The zero-order valence-corrected chi connectivity index (χ0v) is 15.9. The molecule has 27 heavy (non-hydrogen) atoms. The average molecular weight is 418 g/mol. The molecule has 132 valence electrons. The Balaban J connectivity index is 1.91. The SMILES string of the molecule is N#C/C(=C\c1cccc(Br)n1)C(=O)NC(c1ccccc1)c1ccccc1. The van der Waals surface area contributed by atoms with E-state index in [9.17, 15) is 10.1 Å². The molecule has 1 N–H and O–H groups in total. The quantitative estimate of drug-likeness (QED) is 0.373. The van der Waals surface area contributed by atoms with Gasteiger partial charge in [0.05, 0.1) is 11.7 Å². The Bertz CT molecular complexity index is 955. The number of amides is 1. The smallest absolute Gasteiger partial charge is 0.262 e. The van der Waals surface area contributed by atoms with E-state index < -0.39 is 5.91 Å². The largest absolute Gasteiger partial charge is 0.340 e. The highest BCUT2D eigenvalue weighted by Gasteiger charge is 2.19. The van der Waals surface area contributed by atoms with Crippen LogP contribution in [0.15, 0.2) is 89.0 Å². The van der Waals surface area contributed by atoms with Crippen LogP contribution in [-0.4, -0.2) is 10.9 Å². The van der Waals surface area contributed by atoms with Crippen molar-refractivity contribution in [2.75, 3.05) is 0 Å². The van der Waals surface area contributed by atoms with E-state index >= 15 is 0 Å². The lowest BCUT2D eigenvalue weighted by atomic mass is 9.98.